The van der Waals surface area contributed by atoms with E-state index in [1.54, 1.807) is 24.3 Å². The molecule has 98 valence electrons. The average molecular weight is 240 g/mol. The molecule has 0 saturated carbocycles. The van der Waals surface area contributed by atoms with Crippen molar-refractivity contribution in [1.82, 2.24) is 0 Å². The number of hydrogen-bond acceptors (Lipinski definition) is 3. The van der Waals surface area contributed by atoms with Crippen LogP contribution in [0.15, 0.2) is 24.3 Å². The molecular weight excluding hydrogens is 216 g/mol. The van der Waals surface area contributed by atoms with Crippen molar-refractivity contribution in [3.05, 3.63) is 29.8 Å². The van der Waals surface area contributed by atoms with E-state index in [9.17, 15) is 4.79 Å². The molecule has 0 spiro atoms. The lowest BCUT2D eigenvalue weighted by Gasteiger charge is -2.00. The van der Waals surface area contributed by atoms with E-state index in [-0.39, 0.29) is 11.7 Å². The number of methoxy groups -OCH3 is 1. The zero-order valence-corrected chi connectivity index (χ0v) is 11.5. The zero-order valence-electron chi connectivity index (χ0n) is 11.5. The van der Waals surface area contributed by atoms with E-state index in [1.807, 2.05) is 27.7 Å². The molecule has 0 radical (unpaired) electrons. The maximum Gasteiger partial charge on any atom is 0.305 e. The van der Waals surface area contributed by atoms with Crippen molar-refractivity contribution in [2.75, 3.05) is 7.11 Å². The van der Waals surface area contributed by atoms with Gasteiger partial charge in [0.2, 0.25) is 0 Å². The molecule has 0 unspecified atom stereocenters. The second-order valence-corrected chi connectivity index (χ2v) is 2.74. The third-order valence-corrected chi connectivity index (χ3v) is 1.78. The SMILES string of the molecule is CC.CC.COC(=O)CCc1ccc(O)cc1. The lowest BCUT2D eigenvalue weighted by molar-refractivity contribution is -0.140. The summed E-state index contributed by atoms with van der Waals surface area (Å²) in [4.78, 5) is 10.8. The van der Waals surface area contributed by atoms with Gasteiger partial charge in [0.15, 0.2) is 0 Å². The first-order valence-electron chi connectivity index (χ1n) is 6.07. The van der Waals surface area contributed by atoms with Crippen molar-refractivity contribution in [3.8, 4) is 5.75 Å². The number of ether oxygens (including phenoxy) is 1. The topological polar surface area (TPSA) is 46.5 Å². The van der Waals surface area contributed by atoms with E-state index in [0.717, 1.165) is 5.56 Å². The van der Waals surface area contributed by atoms with Crippen molar-refractivity contribution >= 4 is 5.97 Å². The van der Waals surface area contributed by atoms with Crippen LogP contribution in [-0.4, -0.2) is 18.2 Å². The predicted molar refractivity (Wildman–Crippen MR) is 71.1 cm³/mol. The summed E-state index contributed by atoms with van der Waals surface area (Å²) in [5.74, 6) is 0.0230. The van der Waals surface area contributed by atoms with Crippen LogP contribution < -0.4 is 0 Å². The molecule has 0 saturated heterocycles. The number of aryl methyl sites for hydroxylation is 1. The highest BCUT2D eigenvalue weighted by atomic mass is 16.5. The van der Waals surface area contributed by atoms with Crippen molar-refractivity contribution in [3.63, 3.8) is 0 Å². The average Bonchev–Trinajstić information content (AvgIpc) is 2.42. The highest BCUT2D eigenvalue weighted by Crippen LogP contribution is 2.11. The van der Waals surface area contributed by atoms with E-state index in [0.29, 0.717) is 12.8 Å². The molecule has 0 amide bonds. The highest BCUT2D eigenvalue weighted by Gasteiger charge is 2.00. The quantitative estimate of drug-likeness (QED) is 0.822. The van der Waals surface area contributed by atoms with Gasteiger partial charge in [0.05, 0.1) is 7.11 Å². The van der Waals surface area contributed by atoms with Crippen LogP contribution in [0, 0.1) is 0 Å². The van der Waals surface area contributed by atoms with Gasteiger partial charge in [0.1, 0.15) is 5.75 Å². The van der Waals surface area contributed by atoms with Crippen LogP contribution in [0.25, 0.3) is 0 Å². The Hall–Kier alpha value is -1.51. The van der Waals surface area contributed by atoms with Gasteiger partial charge in [-0.3, -0.25) is 4.79 Å². The summed E-state index contributed by atoms with van der Waals surface area (Å²) in [5.41, 5.74) is 1.02. The molecular formula is C14H24O3. The van der Waals surface area contributed by atoms with Gasteiger partial charge < -0.3 is 9.84 Å². The molecule has 0 atom stereocenters. The van der Waals surface area contributed by atoms with Crippen LogP contribution in [0.4, 0.5) is 0 Å². The zero-order chi connectivity index (χ0) is 13.7. The number of esters is 1. The first-order valence-corrected chi connectivity index (χ1v) is 6.07. The molecule has 0 fully saturated rings. The lowest BCUT2D eigenvalue weighted by atomic mass is 10.1. The molecule has 1 N–H and O–H groups in total. The monoisotopic (exact) mass is 240 g/mol. The van der Waals surface area contributed by atoms with E-state index in [1.165, 1.54) is 7.11 Å². The molecule has 1 aromatic rings. The standard InChI is InChI=1S/C10H12O3.2C2H6/c1-13-10(12)7-4-8-2-5-9(11)6-3-8;2*1-2/h2-3,5-6,11H,4,7H2,1H3;2*1-2H3. The second-order valence-electron chi connectivity index (χ2n) is 2.74. The third kappa shape index (κ3) is 9.42. The van der Waals surface area contributed by atoms with Crippen LogP contribution in [0.5, 0.6) is 5.75 Å². The Labute approximate surface area is 104 Å². The molecule has 0 bridgehead atoms. The molecule has 0 aromatic heterocycles. The van der Waals surface area contributed by atoms with Gasteiger partial charge in [-0.1, -0.05) is 39.8 Å². The summed E-state index contributed by atoms with van der Waals surface area (Å²) in [7, 11) is 1.37. The highest BCUT2D eigenvalue weighted by molar-refractivity contribution is 5.69. The summed E-state index contributed by atoms with van der Waals surface area (Å²) < 4.78 is 4.51. The van der Waals surface area contributed by atoms with Crippen molar-refractivity contribution < 1.29 is 14.6 Å². The fraction of sp³-hybridized carbons (Fsp3) is 0.500. The molecule has 0 aliphatic heterocycles. The number of phenols is 1. The van der Waals surface area contributed by atoms with Gasteiger partial charge in [-0.05, 0) is 24.1 Å². The molecule has 0 aliphatic rings. The number of rotatable bonds is 3. The number of aromatic hydroxyl groups is 1. The van der Waals surface area contributed by atoms with E-state index in [4.69, 9.17) is 5.11 Å². The minimum atomic E-state index is -0.215. The Kier molecular flexibility index (Phi) is 13.2. The Bertz CT molecular complexity index is 278. The number of benzene rings is 1. The number of phenolic OH excluding ortho intramolecular Hbond substituents is 1. The third-order valence-electron chi connectivity index (χ3n) is 1.78. The maximum atomic E-state index is 10.8. The molecule has 17 heavy (non-hydrogen) atoms. The largest absolute Gasteiger partial charge is 0.508 e. The first-order chi connectivity index (χ1) is 8.22. The first kappa shape index (κ1) is 17.9. The van der Waals surface area contributed by atoms with Crippen molar-refractivity contribution in [1.29, 1.82) is 0 Å². The fourth-order valence-electron chi connectivity index (χ4n) is 1.01. The molecule has 3 nitrogen and oxygen atoms in total. The lowest BCUT2D eigenvalue weighted by Crippen LogP contribution is -2.01. The maximum absolute atomic E-state index is 10.8. The minimum Gasteiger partial charge on any atom is -0.508 e. The van der Waals surface area contributed by atoms with E-state index in [2.05, 4.69) is 4.74 Å². The van der Waals surface area contributed by atoms with Gasteiger partial charge in [-0.2, -0.15) is 0 Å². The second kappa shape index (κ2) is 12.6. The van der Waals surface area contributed by atoms with Gasteiger partial charge >= 0.3 is 5.97 Å². The van der Waals surface area contributed by atoms with Crippen molar-refractivity contribution in [2.45, 2.75) is 40.5 Å². The van der Waals surface area contributed by atoms with Gasteiger partial charge in [0, 0.05) is 6.42 Å². The normalized spacial score (nSPS) is 8.06. The summed E-state index contributed by atoms with van der Waals surface area (Å²) in [6, 6.07) is 6.79. The van der Waals surface area contributed by atoms with E-state index >= 15 is 0 Å². The Morgan fingerprint density at radius 2 is 1.59 bits per heavy atom. The summed E-state index contributed by atoms with van der Waals surface area (Å²) in [6.07, 6.45) is 1.02. The molecule has 1 rings (SSSR count). The summed E-state index contributed by atoms with van der Waals surface area (Å²) in [5, 5.41) is 8.99. The predicted octanol–water partition coefficient (Wildman–Crippen LogP) is 3.55. The van der Waals surface area contributed by atoms with E-state index < -0.39 is 0 Å². The van der Waals surface area contributed by atoms with Crippen LogP contribution in [-0.2, 0) is 16.0 Å². The Morgan fingerprint density at radius 3 is 2.00 bits per heavy atom. The number of carbonyl (C=O) groups is 1. The van der Waals surface area contributed by atoms with Crippen LogP contribution in [0.2, 0.25) is 0 Å². The number of carbonyl (C=O) groups excluding carboxylic acids is 1. The Morgan fingerprint density at radius 1 is 1.12 bits per heavy atom. The summed E-state index contributed by atoms with van der Waals surface area (Å²) >= 11 is 0. The van der Waals surface area contributed by atoms with Crippen molar-refractivity contribution in [2.24, 2.45) is 0 Å². The fourth-order valence-corrected chi connectivity index (χ4v) is 1.01. The molecule has 0 aliphatic carbocycles. The van der Waals surface area contributed by atoms with Crippen LogP contribution >= 0.6 is 0 Å². The van der Waals surface area contributed by atoms with Crippen LogP contribution in [0.1, 0.15) is 39.7 Å². The smallest absolute Gasteiger partial charge is 0.305 e. The Balaban J connectivity index is 0. The van der Waals surface area contributed by atoms with Crippen LogP contribution in [0.3, 0.4) is 0 Å². The molecule has 1 aromatic carbocycles. The van der Waals surface area contributed by atoms with Gasteiger partial charge in [-0.25, -0.2) is 0 Å². The van der Waals surface area contributed by atoms with Gasteiger partial charge in [-0.15, -0.1) is 0 Å². The minimum absolute atomic E-state index is 0.215. The molecule has 3 heteroatoms. The number of hydrogen-bond donors (Lipinski definition) is 1. The summed E-state index contributed by atoms with van der Waals surface area (Å²) in [6.45, 7) is 8.00. The molecule has 0 heterocycles. The van der Waals surface area contributed by atoms with Gasteiger partial charge in [0.25, 0.3) is 0 Å².